The molecular formula is C21H42O3. The van der Waals surface area contributed by atoms with Crippen LogP contribution in [0, 0.1) is 10.8 Å². The number of hydrogen-bond donors (Lipinski definition) is 2. The van der Waals surface area contributed by atoms with E-state index in [9.17, 15) is 4.79 Å². The lowest BCUT2D eigenvalue weighted by atomic mass is 9.82. The fourth-order valence-corrected chi connectivity index (χ4v) is 3.31. The van der Waals surface area contributed by atoms with Crippen LogP contribution in [0.4, 0.5) is 0 Å². The van der Waals surface area contributed by atoms with Crippen molar-refractivity contribution in [3.05, 3.63) is 0 Å². The van der Waals surface area contributed by atoms with Crippen LogP contribution in [-0.4, -0.2) is 22.8 Å². The molecule has 24 heavy (non-hydrogen) atoms. The van der Waals surface area contributed by atoms with Crippen molar-refractivity contribution in [2.24, 2.45) is 10.8 Å². The molecule has 0 aromatic carbocycles. The van der Waals surface area contributed by atoms with Gasteiger partial charge >= 0.3 is 0 Å². The third kappa shape index (κ3) is 15.1. The minimum Gasteiger partial charge on any atom is -0.368 e. The second kappa shape index (κ2) is 12.9. The Hall–Kier alpha value is -0.410. The molecule has 0 saturated carbocycles. The molecule has 0 radical (unpaired) electrons. The van der Waals surface area contributed by atoms with E-state index in [1.807, 2.05) is 0 Å². The second-order valence-electron chi connectivity index (χ2n) is 9.03. The number of carbonyl (C=O) groups excluding carboxylic acids is 1. The summed E-state index contributed by atoms with van der Waals surface area (Å²) in [5, 5.41) is 17.9. The first-order valence-corrected chi connectivity index (χ1v) is 9.98. The average Bonchev–Trinajstić information content (AvgIpc) is 2.49. The van der Waals surface area contributed by atoms with Crippen molar-refractivity contribution in [2.45, 2.75) is 117 Å². The SMILES string of the molecule is CC(C)(CCC=O)CCCCCCCCCC(C)(C)CCC(O)O. The average molecular weight is 343 g/mol. The molecule has 0 heterocycles. The van der Waals surface area contributed by atoms with Gasteiger partial charge in [0.05, 0.1) is 0 Å². The summed E-state index contributed by atoms with van der Waals surface area (Å²) in [5.74, 6) is 0. The van der Waals surface area contributed by atoms with E-state index in [0.29, 0.717) is 18.3 Å². The first-order chi connectivity index (χ1) is 11.2. The number of rotatable bonds is 16. The zero-order valence-electron chi connectivity index (χ0n) is 16.6. The summed E-state index contributed by atoms with van der Waals surface area (Å²) in [7, 11) is 0. The van der Waals surface area contributed by atoms with E-state index < -0.39 is 6.29 Å². The maximum absolute atomic E-state index is 10.5. The van der Waals surface area contributed by atoms with Crippen molar-refractivity contribution < 1.29 is 15.0 Å². The predicted octanol–water partition coefficient (Wildman–Crippen LogP) is 5.62. The summed E-state index contributed by atoms with van der Waals surface area (Å²) in [6, 6.07) is 0. The molecule has 0 amide bonds. The van der Waals surface area contributed by atoms with Crippen LogP contribution in [0.25, 0.3) is 0 Å². The van der Waals surface area contributed by atoms with Gasteiger partial charge < -0.3 is 15.0 Å². The molecule has 0 rings (SSSR count). The van der Waals surface area contributed by atoms with Crippen LogP contribution in [0.3, 0.4) is 0 Å². The number of aliphatic hydroxyl groups excluding tert-OH is 1. The molecule has 0 saturated heterocycles. The minimum absolute atomic E-state index is 0.219. The van der Waals surface area contributed by atoms with E-state index in [2.05, 4.69) is 27.7 Å². The van der Waals surface area contributed by atoms with Crippen molar-refractivity contribution >= 4 is 6.29 Å². The summed E-state index contributed by atoms with van der Waals surface area (Å²) in [6.45, 7) is 8.99. The molecule has 0 unspecified atom stereocenters. The summed E-state index contributed by atoms with van der Waals surface area (Å²) in [5.41, 5.74) is 0.533. The quantitative estimate of drug-likeness (QED) is 0.217. The molecule has 0 aromatic rings. The van der Waals surface area contributed by atoms with Gasteiger partial charge in [-0.3, -0.25) is 0 Å². The Bertz CT molecular complexity index is 308. The van der Waals surface area contributed by atoms with Gasteiger partial charge in [0.25, 0.3) is 0 Å². The normalized spacial score (nSPS) is 12.8. The highest BCUT2D eigenvalue weighted by atomic mass is 16.5. The summed E-state index contributed by atoms with van der Waals surface area (Å²) in [6.07, 6.45) is 14.4. The van der Waals surface area contributed by atoms with Crippen LogP contribution >= 0.6 is 0 Å². The molecule has 0 bridgehead atoms. The highest BCUT2D eigenvalue weighted by molar-refractivity contribution is 5.49. The maximum Gasteiger partial charge on any atom is 0.151 e. The number of hydrogen-bond acceptors (Lipinski definition) is 3. The van der Waals surface area contributed by atoms with Gasteiger partial charge in [0.1, 0.15) is 6.29 Å². The van der Waals surface area contributed by atoms with Crippen LogP contribution in [0.5, 0.6) is 0 Å². The monoisotopic (exact) mass is 342 g/mol. The first-order valence-electron chi connectivity index (χ1n) is 9.98. The first kappa shape index (κ1) is 23.6. The summed E-state index contributed by atoms with van der Waals surface area (Å²) >= 11 is 0. The van der Waals surface area contributed by atoms with Gasteiger partial charge in [0.15, 0.2) is 6.29 Å². The molecule has 0 aliphatic rings. The van der Waals surface area contributed by atoms with E-state index in [-0.39, 0.29) is 5.41 Å². The Morgan fingerprint density at radius 1 is 0.708 bits per heavy atom. The lowest BCUT2D eigenvalue weighted by molar-refractivity contribution is -0.108. The number of aldehydes is 1. The second-order valence-corrected chi connectivity index (χ2v) is 9.03. The highest BCUT2D eigenvalue weighted by Gasteiger charge is 2.18. The standard InChI is InChI=1S/C21H42O3/c1-20(2,16-12-18-22)14-10-8-6-5-7-9-11-15-21(3,4)17-13-19(23)24/h18-19,23-24H,5-17H2,1-4H3. The van der Waals surface area contributed by atoms with Crippen molar-refractivity contribution in [2.75, 3.05) is 0 Å². The molecule has 0 atom stereocenters. The van der Waals surface area contributed by atoms with Gasteiger partial charge in [-0.15, -0.1) is 0 Å². The van der Waals surface area contributed by atoms with Crippen LogP contribution in [-0.2, 0) is 4.79 Å². The maximum atomic E-state index is 10.5. The van der Waals surface area contributed by atoms with E-state index in [1.54, 1.807) is 0 Å². The highest BCUT2D eigenvalue weighted by Crippen LogP contribution is 2.30. The Labute approximate surface area is 150 Å². The zero-order valence-corrected chi connectivity index (χ0v) is 16.6. The molecule has 144 valence electrons. The zero-order chi connectivity index (χ0) is 18.5. The number of carbonyl (C=O) groups is 1. The van der Waals surface area contributed by atoms with Gasteiger partial charge in [-0.1, -0.05) is 72.6 Å². The molecule has 3 heteroatoms. The number of aliphatic hydroxyl groups is 2. The van der Waals surface area contributed by atoms with E-state index >= 15 is 0 Å². The molecule has 0 spiro atoms. The Balaban J connectivity index is 3.49. The molecule has 2 N–H and O–H groups in total. The van der Waals surface area contributed by atoms with Gasteiger partial charge in [-0.25, -0.2) is 0 Å². The lowest BCUT2D eigenvalue weighted by Gasteiger charge is -2.25. The molecular weight excluding hydrogens is 300 g/mol. The third-order valence-electron chi connectivity index (χ3n) is 5.23. The van der Waals surface area contributed by atoms with Crippen molar-refractivity contribution in [3.8, 4) is 0 Å². The van der Waals surface area contributed by atoms with Gasteiger partial charge in [0.2, 0.25) is 0 Å². The van der Waals surface area contributed by atoms with E-state index in [0.717, 1.165) is 19.1 Å². The van der Waals surface area contributed by atoms with Crippen LogP contribution in [0.2, 0.25) is 0 Å². The molecule has 0 aliphatic carbocycles. The van der Waals surface area contributed by atoms with Crippen molar-refractivity contribution in [3.63, 3.8) is 0 Å². The summed E-state index contributed by atoms with van der Waals surface area (Å²) < 4.78 is 0. The lowest BCUT2D eigenvalue weighted by Crippen LogP contribution is -2.15. The number of unbranched alkanes of at least 4 members (excludes halogenated alkanes) is 6. The fraction of sp³-hybridized carbons (Fsp3) is 0.952. The van der Waals surface area contributed by atoms with E-state index in [1.165, 1.54) is 57.8 Å². The fourth-order valence-electron chi connectivity index (χ4n) is 3.31. The van der Waals surface area contributed by atoms with Gasteiger partial charge in [0, 0.05) is 6.42 Å². The largest absolute Gasteiger partial charge is 0.368 e. The van der Waals surface area contributed by atoms with Crippen LogP contribution < -0.4 is 0 Å². The molecule has 3 nitrogen and oxygen atoms in total. The van der Waals surface area contributed by atoms with Crippen LogP contribution in [0.1, 0.15) is 111 Å². The Morgan fingerprint density at radius 3 is 1.54 bits per heavy atom. The van der Waals surface area contributed by atoms with Gasteiger partial charge in [-0.2, -0.15) is 0 Å². The smallest absolute Gasteiger partial charge is 0.151 e. The Morgan fingerprint density at radius 2 is 1.12 bits per heavy atom. The van der Waals surface area contributed by atoms with E-state index in [4.69, 9.17) is 10.2 Å². The predicted molar refractivity (Wildman–Crippen MR) is 102 cm³/mol. The summed E-state index contributed by atoms with van der Waals surface area (Å²) in [4.78, 5) is 10.5. The molecule has 0 fully saturated rings. The topological polar surface area (TPSA) is 57.5 Å². The molecule has 0 aliphatic heterocycles. The Kier molecular flexibility index (Phi) is 12.7. The third-order valence-corrected chi connectivity index (χ3v) is 5.23. The van der Waals surface area contributed by atoms with Crippen molar-refractivity contribution in [1.82, 2.24) is 0 Å². The van der Waals surface area contributed by atoms with Crippen LogP contribution in [0.15, 0.2) is 0 Å². The molecule has 0 aromatic heterocycles. The van der Waals surface area contributed by atoms with Crippen molar-refractivity contribution in [1.29, 1.82) is 0 Å². The van der Waals surface area contributed by atoms with Gasteiger partial charge in [-0.05, 0) is 42.9 Å². The minimum atomic E-state index is -1.16.